The Morgan fingerprint density at radius 2 is 0.779 bits per heavy atom. The minimum Gasteiger partial charge on any atom is -0.387 e. The van der Waals surface area contributed by atoms with Gasteiger partial charge in [0.05, 0.1) is 39.9 Å². The van der Waals surface area contributed by atoms with Crippen molar-refractivity contribution in [1.29, 1.82) is 0 Å². The summed E-state index contributed by atoms with van der Waals surface area (Å²) in [4.78, 5) is 23.3. The fraction of sp³-hybridized carbons (Fsp3) is 0.949. The summed E-state index contributed by atoms with van der Waals surface area (Å²) in [5, 5.41) is 13.9. The number of nitrogens with one attached hydrogen (secondary N) is 1. The number of allylic oxidation sites excluding steroid dienone is 1. The summed E-state index contributed by atoms with van der Waals surface area (Å²) < 4.78 is 23.7. The van der Waals surface area contributed by atoms with Crippen LogP contribution >= 0.6 is 7.82 Å². The van der Waals surface area contributed by atoms with Crippen molar-refractivity contribution in [3.05, 3.63) is 12.2 Å². The third-order valence-electron chi connectivity index (χ3n) is 14.0. The van der Waals surface area contributed by atoms with E-state index in [1.807, 2.05) is 27.2 Å². The number of aliphatic hydroxyl groups is 1. The van der Waals surface area contributed by atoms with Gasteiger partial charge in [0.1, 0.15) is 13.2 Å². The summed E-state index contributed by atoms with van der Waals surface area (Å²) in [6.45, 7) is 4.87. The number of likely N-dealkylation sites (N-methyl/N-ethyl adjacent to an activating group) is 1. The van der Waals surface area contributed by atoms with Crippen molar-refractivity contribution in [3.63, 3.8) is 0 Å². The van der Waals surface area contributed by atoms with E-state index in [1.54, 1.807) is 6.08 Å². The molecule has 0 rings (SSSR count). The number of carbonyl (C=O) groups is 1. The summed E-state index contributed by atoms with van der Waals surface area (Å²) in [5.41, 5.74) is 0. The number of aliphatic hydroxyl groups excluding tert-OH is 1. The third-order valence-corrected chi connectivity index (χ3v) is 15.0. The molecule has 68 heavy (non-hydrogen) atoms. The summed E-state index contributed by atoms with van der Waals surface area (Å²) in [7, 11) is 1.59. The molecular weight excluding hydrogens is 864 g/mol. The number of carbonyl (C=O) groups excluding carboxylic acids is 1. The summed E-state index contributed by atoms with van der Waals surface area (Å²) in [5.74, 6) is -0.170. The van der Waals surface area contributed by atoms with Crippen LogP contribution in [0.5, 0.6) is 0 Å². The van der Waals surface area contributed by atoms with Crippen molar-refractivity contribution in [2.75, 3.05) is 40.9 Å². The molecule has 0 saturated heterocycles. The summed E-state index contributed by atoms with van der Waals surface area (Å²) in [6, 6.07) is -0.842. The van der Waals surface area contributed by atoms with Gasteiger partial charge in [-0.3, -0.25) is 13.8 Å². The molecule has 9 heteroatoms. The van der Waals surface area contributed by atoms with Crippen molar-refractivity contribution < 1.29 is 32.9 Å². The Hall–Kier alpha value is -0.760. The van der Waals surface area contributed by atoms with Crippen LogP contribution in [0.3, 0.4) is 0 Å². The van der Waals surface area contributed by atoms with E-state index >= 15 is 0 Å². The van der Waals surface area contributed by atoms with Crippen LogP contribution in [0.1, 0.15) is 309 Å². The van der Waals surface area contributed by atoms with Crippen molar-refractivity contribution in [2.45, 2.75) is 321 Å². The molecule has 0 spiro atoms. The molecule has 3 atom stereocenters. The van der Waals surface area contributed by atoms with E-state index in [1.165, 1.54) is 257 Å². The Bertz CT molecular complexity index is 1120. The topological polar surface area (TPSA) is 105 Å². The van der Waals surface area contributed by atoms with Crippen LogP contribution in [0, 0.1) is 0 Å². The average molecular weight is 985 g/mol. The van der Waals surface area contributed by atoms with Gasteiger partial charge in [-0.1, -0.05) is 296 Å². The smallest absolute Gasteiger partial charge is 0.387 e. The lowest BCUT2D eigenvalue weighted by Crippen LogP contribution is -2.45. The molecular formula is C59H120N2O6P+. The zero-order valence-electron chi connectivity index (χ0n) is 46.4. The van der Waals surface area contributed by atoms with Gasteiger partial charge in [0.15, 0.2) is 0 Å². The van der Waals surface area contributed by atoms with Crippen LogP contribution in [0.15, 0.2) is 12.2 Å². The maximum absolute atomic E-state index is 13.0. The zero-order valence-corrected chi connectivity index (χ0v) is 47.3. The Labute approximate surface area is 424 Å². The predicted molar refractivity (Wildman–Crippen MR) is 295 cm³/mol. The highest BCUT2D eigenvalue weighted by Gasteiger charge is 2.27. The van der Waals surface area contributed by atoms with Gasteiger partial charge >= 0.3 is 7.82 Å². The number of phosphoric ester groups is 1. The molecule has 0 radical (unpaired) electrons. The highest BCUT2D eigenvalue weighted by Crippen LogP contribution is 2.43. The first-order valence-corrected chi connectivity index (χ1v) is 31.6. The van der Waals surface area contributed by atoms with Crippen molar-refractivity contribution >= 4 is 13.7 Å². The second-order valence-corrected chi connectivity index (χ2v) is 23.5. The molecule has 0 aromatic heterocycles. The Morgan fingerprint density at radius 3 is 1.09 bits per heavy atom. The second-order valence-electron chi connectivity index (χ2n) is 22.1. The van der Waals surface area contributed by atoms with E-state index in [2.05, 4.69) is 19.2 Å². The van der Waals surface area contributed by atoms with Gasteiger partial charge in [-0.25, -0.2) is 4.57 Å². The molecule has 0 fully saturated rings. The van der Waals surface area contributed by atoms with Crippen molar-refractivity contribution in [2.24, 2.45) is 0 Å². The molecule has 0 aromatic carbocycles. The first kappa shape index (κ1) is 67.2. The maximum atomic E-state index is 13.0. The largest absolute Gasteiger partial charge is 0.472 e. The average Bonchev–Trinajstić information content (AvgIpc) is 3.30. The van der Waals surface area contributed by atoms with E-state index < -0.39 is 20.0 Å². The van der Waals surface area contributed by atoms with Gasteiger partial charge in [-0.2, -0.15) is 0 Å². The number of phosphoric acid groups is 1. The first-order chi connectivity index (χ1) is 33.0. The normalized spacial score (nSPS) is 13.9. The highest BCUT2D eigenvalue weighted by molar-refractivity contribution is 7.47. The van der Waals surface area contributed by atoms with E-state index in [0.717, 1.165) is 32.1 Å². The van der Waals surface area contributed by atoms with Crippen molar-refractivity contribution in [3.8, 4) is 0 Å². The lowest BCUT2D eigenvalue weighted by molar-refractivity contribution is -0.870. The first-order valence-electron chi connectivity index (χ1n) is 30.1. The molecule has 3 N–H and O–H groups in total. The molecule has 0 aromatic rings. The molecule has 0 heterocycles. The number of unbranched alkanes of at least 4 members (excludes halogenated alkanes) is 43. The van der Waals surface area contributed by atoms with Crippen LogP contribution in [0.2, 0.25) is 0 Å². The lowest BCUT2D eigenvalue weighted by atomic mass is 10.0. The minimum absolute atomic E-state index is 0.0652. The Morgan fingerprint density at radius 1 is 0.485 bits per heavy atom. The van der Waals surface area contributed by atoms with E-state index in [-0.39, 0.29) is 19.1 Å². The number of amides is 1. The molecule has 406 valence electrons. The monoisotopic (exact) mass is 984 g/mol. The van der Waals surface area contributed by atoms with Gasteiger partial charge in [-0.15, -0.1) is 0 Å². The predicted octanol–water partition coefficient (Wildman–Crippen LogP) is 18.2. The Kier molecular flexibility index (Phi) is 50.6. The van der Waals surface area contributed by atoms with Gasteiger partial charge in [0, 0.05) is 6.42 Å². The summed E-state index contributed by atoms with van der Waals surface area (Å²) in [6.07, 6.45) is 63.3. The standard InChI is InChI=1S/C59H119N2O6P/c1-6-8-10-12-14-16-18-20-22-24-25-26-27-28-29-30-31-32-33-34-35-36-37-38-40-42-44-46-48-50-52-58(62)57(56-67-68(64,65)66-55-54-61(3,4)5)60-59(63)53-51-49-47-45-43-41-39-23-21-19-17-15-13-11-9-7-2/h50,52,57-58,62H,6-49,51,53-56H2,1-5H3,(H-,60,63,64,65)/p+1/b52-50+. The number of hydrogen-bond acceptors (Lipinski definition) is 5. The number of nitrogens with zero attached hydrogens (tertiary/aromatic N) is 1. The van der Waals surface area contributed by atoms with Crippen LogP contribution in [-0.2, 0) is 18.4 Å². The molecule has 3 unspecified atom stereocenters. The molecule has 0 aliphatic carbocycles. The zero-order chi connectivity index (χ0) is 49.9. The SMILES string of the molecule is CCCCCCCCCCCCCCCCCCCCCCCCCCCCCC/C=C/C(O)C(COP(=O)(O)OCC[N+](C)(C)C)NC(=O)CCCCCCCCCCCCCCCCCC. The maximum Gasteiger partial charge on any atom is 0.472 e. The van der Waals surface area contributed by atoms with Gasteiger partial charge in [0.25, 0.3) is 0 Å². The molecule has 0 saturated carbocycles. The molecule has 1 amide bonds. The van der Waals surface area contributed by atoms with Crippen LogP contribution < -0.4 is 5.32 Å². The fourth-order valence-electron chi connectivity index (χ4n) is 9.28. The molecule has 0 aliphatic rings. The van der Waals surface area contributed by atoms with E-state index in [4.69, 9.17) is 9.05 Å². The summed E-state index contributed by atoms with van der Waals surface area (Å²) >= 11 is 0. The number of quaternary nitrogens is 1. The van der Waals surface area contributed by atoms with Gasteiger partial charge < -0.3 is 19.8 Å². The van der Waals surface area contributed by atoms with E-state index in [0.29, 0.717) is 17.4 Å². The highest BCUT2D eigenvalue weighted by atomic mass is 31.2. The number of hydrogen-bond donors (Lipinski definition) is 3. The molecule has 0 aliphatic heterocycles. The third kappa shape index (κ3) is 53.0. The van der Waals surface area contributed by atoms with Crippen LogP contribution in [0.25, 0.3) is 0 Å². The quantitative estimate of drug-likeness (QED) is 0.0243. The van der Waals surface area contributed by atoms with Gasteiger partial charge in [0.2, 0.25) is 5.91 Å². The number of rotatable bonds is 56. The molecule has 8 nitrogen and oxygen atoms in total. The van der Waals surface area contributed by atoms with E-state index in [9.17, 15) is 19.4 Å². The fourth-order valence-corrected chi connectivity index (χ4v) is 10.0. The van der Waals surface area contributed by atoms with Crippen molar-refractivity contribution in [1.82, 2.24) is 5.32 Å². The Balaban J connectivity index is 4.08. The van der Waals surface area contributed by atoms with Crippen LogP contribution in [0.4, 0.5) is 0 Å². The second kappa shape index (κ2) is 51.2. The lowest BCUT2D eigenvalue weighted by Gasteiger charge is -2.25. The van der Waals surface area contributed by atoms with Gasteiger partial charge in [-0.05, 0) is 19.3 Å². The minimum atomic E-state index is -4.34. The molecule has 0 bridgehead atoms. The van der Waals surface area contributed by atoms with Crippen LogP contribution in [-0.4, -0.2) is 73.4 Å².